The predicted octanol–water partition coefficient (Wildman–Crippen LogP) is 1.43. The van der Waals surface area contributed by atoms with Crippen LogP contribution < -0.4 is 5.32 Å². The van der Waals surface area contributed by atoms with Gasteiger partial charge in [0.05, 0.1) is 11.4 Å². The van der Waals surface area contributed by atoms with Crippen molar-refractivity contribution in [2.24, 2.45) is 7.05 Å². The number of anilines is 1. The Balaban J connectivity index is 1.73. The predicted molar refractivity (Wildman–Crippen MR) is 80.5 cm³/mol. The zero-order valence-electron chi connectivity index (χ0n) is 12.3. The van der Waals surface area contributed by atoms with E-state index in [1.54, 1.807) is 17.1 Å². The number of hydrogen-bond donors (Lipinski definition) is 2. The number of hydrogen-bond acceptors (Lipinski definition) is 5. The second kappa shape index (κ2) is 6.00. The lowest BCUT2D eigenvalue weighted by Gasteiger charge is -2.31. The van der Waals surface area contributed by atoms with E-state index in [2.05, 4.69) is 20.4 Å². The molecule has 2 N–H and O–H groups in total. The molecule has 1 fully saturated rings. The minimum Gasteiger partial charge on any atom is -0.465 e. The van der Waals surface area contributed by atoms with Gasteiger partial charge in [-0.3, -0.25) is 4.68 Å². The summed E-state index contributed by atoms with van der Waals surface area (Å²) in [6.07, 6.45) is 4.27. The van der Waals surface area contributed by atoms with Crippen molar-refractivity contribution in [3.8, 4) is 11.4 Å². The minimum absolute atomic E-state index is 0.0339. The van der Waals surface area contributed by atoms with Crippen LogP contribution in [0.3, 0.4) is 0 Å². The van der Waals surface area contributed by atoms with Crippen molar-refractivity contribution < 1.29 is 9.90 Å². The zero-order valence-corrected chi connectivity index (χ0v) is 12.3. The zero-order chi connectivity index (χ0) is 15.5. The second-order valence-corrected chi connectivity index (χ2v) is 5.32. The van der Waals surface area contributed by atoms with Crippen LogP contribution >= 0.6 is 0 Å². The lowest BCUT2D eigenvalue weighted by atomic mass is 10.1. The molecule has 1 aliphatic rings. The van der Waals surface area contributed by atoms with Crippen LogP contribution in [0.25, 0.3) is 11.4 Å². The molecule has 1 unspecified atom stereocenters. The van der Waals surface area contributed by atoms with Crippen molar-refractivity contribution in [2.75, 3.05) is 18.4 Å². The molecule has 116 valence electrons. The van der Waals surface area contributed by atoms with Crippen LogP contribution in [0.4, 0.5) is 10.7 Å². The molecule has 8 heteroatoms. The summed E-state index contributed by atoms with van der Waals surface area (Å²) in [6, 6.07) is 3.75. The van der Waals surface area contributed by atoms with Crippen LogP contribution in [0, 0.1) is 0 Å². The maximum atomic E-state index is 11.1. The summed E-state index contributed by atoms with van der Waals surface area (Å²) < 4.78 is 1.75. The van der Waals surface area contributed by atoms with Gasteiger partial charge in [-0.2, -0.15) is 5.10 Å². The van der Waals surface area contributed by atoms with Gasteiger partial charge < -0.3 is 15.3 Å². The number of nitrogens with zero attached hydrogens (tertiary/aromatic N) is 5. The Morgan fingerprint density at radius 3 is 3.00 bits per heavy atom. The molecule has 0 bridgehead atoms. The van der Waals surface area contributed by atoms with Crippen molar-refractivity contribution in [3.05, 3.63) is 24.5 Å². The highest BCUT2D eigenvalue weighted by Gasteiger charge is 2.23. The fourth-order valence-electron chi connectivity index (χ4n) is 2.65. The monoisotopic (exact) mass is 302 g/mol. The first kappa shape index (κ1) is 14.3. The van der Waals surface area contributed by atoms with E-state index in [4.69, 9.17) is 5.11 Å². The highest BCUT2D eigenvalue weighted by Crippen LogP contribution is 2.18. The molecule has 1 amide bonds. The Morgan fingerprint density at radius 1 is 1.41 bits per heavy atom. The Kier molecular flexibility index (Phi) is 3.90. The van der Waals surface area contributed by atoms with Gasteiger partial charge in [0, 0.05) is 38.6 Å². The molecule has 22 heavy (non-hydrogen) atoms. The number of nitrogens with one attached hydrogen (secondary N) is 1. The van der Waals surface area contributed by atoms with Crippen LogP contribution in [0.1, 0.15) is 12.8 Å². The molecule has 3 rings (SSSR count). The smallest absolute Gasteiger partial charge is 0.407 e. The maximum Gasteiger partial charge on any atom is 0.407 e. The fraction of sp³-hybridized carbons (Fsp3) is 0.429. The van der Waals surface area contributed by atoms with Crippen molar-refractivity contribution in [3.63, 3.8) is 0 Å². The Hall–Kier alpha value is -2.64. The number of aryl methyl sites for hydroxylation is 1. The summed E-state index contributed by atoms with van der Waals surface area (Å²) in [4.78, 5) is 21.2. The highest BCUT2D eigenvalue weighted by molar-refractivity contribution is 5.65. The Morgan fingerprint density at radius 2 is 2.27 bits per heavy atom. The second-order valence-electron chi connectivity index (χ2n) is 5.32. The summed E-state index contributed by atoms with van der Waals surface area (Å²) >= 11 is 0. The van der Waals surface area contributed by atoms with Gasteiger partial charge in [0.15, 0.2) is 0 Å². The van der Waals surface area contributed by atoms with E-state index in [1.807, 2.05) is 19.2 Å². The third-order valence-electron chi connectivity index (χ3n) is 3.76. The van der Waals surface area contributed by atoms with Gasteiger partial charge in [-0.05, 0) is 25.0 Å². The van der Waals surface area contributed by atoms with Crippen LogP contribution in [-0.4, -0.2) is 55.0 Å². The molecule has 1 aliphatic heterocycles. The molecule has 0 aliphatic carbocycles. The highest BCUT2D eigenvalue weighted by atomic mass is 16.4. The van der Waals surface area contributed by atoms with E-state index in [0.29, 0.717) is 19.0 Å². The van der Waals surface area contributed by atoms with Crippen molar-refractivity contribution >= 4 is 12.0 Å². The van der Waals surface area contributed by atoms with E-state index in [-0.39, 0.29) is 6.04 Å². The number of likely N-dealkylation sites (tertiary alicyclic amines) is 1. The number of rotatable bonds is 3. The Bertz CT molecular complexity index is 671. The van der Waals surface area contributed by atoms with Gasteiger partial charge >= 0.3 is 6.09 Å². The van der Waals surface area contributed by atoms with E-state index < -0.39 is 6.09 Å². The van der Waals surface area contributed by atoms with Gasteiger partial charge in [-0.15, -0.1) is 0 Å². The van der Waals surface area contributed by atoms with Crippen molar-refractivity contribution in [1.82, 2.24) is 24.6 Å². The van der Waals surface area contributed by atoms with Gasteiger partial charge in [0.2, 0.25) is 5.95 Å². The number of carboxylic acid groups (broad SMARTS) is 1. The molecule has 1 saturated heterocycles. The topological polar surface area (TPSA) is 96.2 Å². The minimum atomic E-state index is -0.879. The lowest BCUT2D eigenvalue weighted by Crippen LogP contribution is -2.44. The standard InChI is InChI=1S/C14H18N6O2/c1-19-12(5-7-16-19)11-4-6-15-13(18-11)17-10-3-2-8-20(9-10)14(21)22/h4-7,10H,2-3,8-9H2,1H3,(H,21,22)(H,15,17,18). The third kappa shape index (κ3) is 3.00. The SMILES string of the molecule is Cn1nccc1-c1ccnc(NC2CCCN(C(=O)O)C2)n1. The van der Waals surface area contributed by atoms with E-state index in [0.717, 1.165) is 24.2 Å². The number of aromatic nitrogens is 4. The van der Waals surface area contributed by atoms with Gasteiger partial charge in [0.25, 0.3) is 0 Å². The lowest BCUT2D eigenvalue weighted by molar-refractivity contribution is 0.132. The Labute approximate surface area is 127 Å². The van der Waals surface area contributed by atoms with Crippen molar-refractivity contribution in [1.29, 1.82) is 0 Å². The largest absolute Gasteiger partial charge is 0.465 e. The first-order chi connectivity index (χ1) is 10.6. The molecule has 3 heterocycles. The van der Waals surface area contributed by atoms with Crippen LogP contribution in [0.2, 0.25) is 0 Å². The van der Waals surface area contributed by atoms with Gasteiger partial charge in [-0.1, -0.05) is 0 Å². The average molecular weight is 302 g/mol. The van der Waals surface area contributed by atoms with Gasteiger partial charge in [-0.25, -0.2) is 14.8 Å². The molecule has 8 nitrogen and oxygen atoms in total. The molecule has 0 radical (unpaired) electrons. The molecule has 2 aromatic heterocycles. The summed E-state index contributed by atoms with van der Waals surface area (Å²) in [6.45, 7) is 1.04. The van der Waals surface area contributed by atoms with E-state index >= 15 is 0 Å². The number of piperidine rings is 1. The summed E-state index contributed by atoms with van der Waals surface area (Å²) in [5.41, 5.74) is 1.68. The molecule has 0 aromatic carbocycles. The average Bonchev–Trinajstić information content (AvgIpc) is 2.94. The molecule has 2 aromatic rings. The number of carbonyl (C=O) groups is 1. The fourth-order valence-corrected chi connectivity index (χ4v) is 2.65. The number of amides is 1. The summed E-state index contributed by atoms with van der Waals surface area (Å²) in [5, 5.41) is 16.4. The molecule has 0 spiro atoms. The quantitative estimate of drug-likeness (QED) is 0.890. The van der Waals surface area contributed by atoms with Gasteiger partial charge in [0.1, 0.15) is 0 Å². The first-order valence-corrected chi connectivity index (χ1v) is 7.19. The third-order valence-corrected chi connectivity index (χ3v) is 3.76. The summed E-state index contributed by atoms with van der Waals surface area (Å²) in [7, 11) is 1.86. The first-order valence-electron chi connectivity index (χ1n) is 7.19. The van der Waals surface area contributed by atoms with E-state index in [9.17, 15) is 4.79 Å². The summed E-state index contributed by atoms with van der Waals surface area (Å²) in [5.74, 6) is 0.510. The maximum absolute atomic E-state index is 11.1. The molecule has 0 saturated carbocycles. The molecule has 1 atom stereocenters. The van der Waals surface area contributed by atoms with Crippen LogP contribution in [0.15, 0.2) is 24.5 Å². The van der Waals surface area contributed by atoms with E-state index in [1.165, 1.54) is 4.90 Å². The van der Waals surface area contributed by atoms with Crippen LogP contribution in [0.5, 0.6) is 0 Å². The molecular weight excluding hydrogens is 284 g/mol. The van der Waals surface area contributed by atoms with Crippen LogP contribution in [-0.2, 0) is 7.05 Å². The molecular formula is C14H18N6O2. The normalized spacial score (nSPS) is 18.2. The van der Waals surface area contributed by atoms with Crippen molar-refractivity contribution in [2.45, 2.75) is 18.9 Å².